The van der Waals surface area contributed by atoms with Crippen molar-refractivity contribution in [2.45, 2.75) is 43.0 Å². The SMILES string of the molecule is Nc1ccc2ncccc2c1.O=C(O)CCCC[C@@H]1SC[C@@H]2NC(=O)N[C@@H]21. The molecule has 8 heteroatoms. The van der Waals surface area contributed by atoms with Crippen LogP contribution >= 0.6 is 11.8 Å². The number of benzene rings is 1. The van der Waals surface area contributed by atoms with Gasteiger partial charge >= 0.3 is 12.0 Å². The molecule has 2 fully saturated rings. The number of aliphatic carboxylic acids is 1. The van der Waals surface area contributed by atoms with Gasteiger partial charge in [-0.3, -0.25) is 9.78 Å². The molecule has 0 unspecified atom stereocenters. The van der Waals surface area contributed by atoms with Crippen LogP contribution in [0, 0.1) is 0 Å². The van der Waals surface area contributed by atoms with Crippen molar-refractivity contribution < 1.29 is 14.7 Å². The summed E-state index contributed by atoms with van der Waals surface area (Å²) >= 11 is 1.87. The van der Waals surface area contributed by atoms with Crippen molar-refractivity contribution in [2.24, 2.45) is 0 Å². The van der Waals surface area contributed by atoms with E-state index < -0.39 is 5.97 Å². The first kappa shape index (κ1) is 19.3. The lowest BCUT2D eigenvalue weighted by Gasteiger charge is -2.16. The maximum atomic E-state index is 11.1. The summed E-state index contributed by atoms with van der Waals surface area (Å²) in [5.41, 5.74) is 7.37. The summed E-state index contributed by atoms with van der Waals surface area (Å²) in [5, 5.41) is 15.9. The molecule has 2 aliphatic rings. The molecule has 0 bridgehead atoms. The highest BCUT2D eigenvalue weighted by Crippen LogP contribution is 2.33. The van der Waals surface area contributed by atoms with Gasteiger partial charge in [0.15, 0.2) is 0 Å². The van der Waals surface area contributed by atoms with Crippen LogP contribution in [0.2, 0.25) is 0 Å². The van der Waals surface area contributed by atoms with Gasteiger partial charge in [-0.1, -0.05) is 12.5 Å². The Morgan fingerprint density at radius 1 is 1.30 bits per heavy atom. The zero-order chi connectivity index (χ0) is 19.2. The van der Waals surface area contributed by atoms with Crippen molar-refractivity contribution in [1.29, 1.82) is 0 Å². The predicted molar refractivity (Wildman–Crippen MR) is 108 cm³/mol. The first-order valence-corrected chi connectivity index (χ1v) is 10.1. The first-order valence-electron chi connectivity index (χ1n) is 9.03. The van der Waals surface area contributed by atoms with Gasteiger partial charge in [0.05, 0.1) is 17.6 Å². The van der Waals surface area contributed by atoms with E-state index in [9.17, 15) is 9.59 Å². The molecule has 144 valence electrons. The largest absolute Gasteiger partial charge is 0.481 e. The maximum Gasteiger partial charge on any atom is 0.315 e. The number of anilines is 1. The topological polar surface area (TPSA) is 117 Å². The standard InChI is InChI=1S/C10H16N2O3S.C9H8N2/c13-8(14)4-2-1-3-7-9-6(5-16-7)11-10(15)12-9;10-8-3-4-9-7(6-8)2-1-5-11-9/h6-7,9H,1-5H2,(H,13,14)(H2,11,12,15);1-6H,10H2/t6-,7-,9-;/m0./s1. The van der Waals surface area contributed by atoms with Crippen molar-refractivity contribution in [3.63, 3.8) is 0 Å². The van der Waals surface area contributed by atoms with Crippen molar-refractivity contribution in [1.82, 2.24) is 15.6 Å². The lowest BCUT2D eigenvalue weighted by molar-refractivity contribution is -0.137. The molecule has 7 nitrogen and oxygen atoms in total. The summed E-state index contributed by atoms with van der Waals surface area (Å²) in [7, 11) is 0. The molecule has 0 spiro atoms. The maximum absolute atomic E-state index is 11.1. The van der Waals surface area contributed by atoms with E-state index in [1.54, 1.807) is 6.20 Å². The third-order valence-corrected chi connectivity index (χ3v) is 6.20. The van der Waals surface area contributed by atoms with E-state index in [1.807, 2.05) is 42.1 Å². The Morgan fingerprint density at radius 2 is 2.15 bits per heavy atom. The molecule has 2 amide bonds. The lowest BCUT2D eigenvalue weighted by Crippen LogP contribution is -2.36. The second-order valence-corrected chi connectivity index (χ2v) is 7.99. The fourth-order valence-electron chi connectivity index (χ4n) is 3.36. The number of amides is 2. The number of carbonyl (C=O) groups excluding carboxylic acids is 1. The van der Waals surface area contributed by atoms with Crippen molar-refractivity contribution in [3.05, 3.63) is 36.5 Å². The summed E-state index contributed by atoms with van der Waals surface area (Å²) in [6.45, 7) is 0. The second kappa shape index (κ2) is 8.94. The van der Waals surface area contributed by atoms with E-state index in [2.05, 4.69) is 15.6 Å². The predicted octanol–water partition coefficient (Wildman–Crippen LogP) is 2.61. The van der Waals surface area contributed by atoms with Crippen LogP contribution in [0.25, 0.3) is 10.9 Å². The van der Waals surface area contributed by atoms with Crippen LogP contribution in [0.15, 0.2) is 36.5 Å². The number of hydrogen-bond acceptors (Lipinski definition) is 5. The van der Waals surface area contributed by atoms with Crippen LogP contribution in [0.4, 0.5) is 10.5 Å². The highest BCUT2D eigenvalue weighted by atomic mass is 32.2. The molecule has 27 heavy (non-hydrogen) atoms. The molecule has 3 heterocycles. The molecule has 4 rings (SSSR count). The first-order chi connectivity index (χ1) is 13.0. The zero-order valence-electron chi connectivity index (χ0n) is 14.9. The number of thioether (sulfide) groups is 1. The van der Waals surface area contributed by atoms with Gasteiger partial charge in [0, 0.05) is 34.7 Å². The number of nitrogens with one attached hydrogen (secondary N) is 2. The minimum absolute atomic E-state index is 0.0640. The Labute approximate surface area is 162 Å². The van der Waals surface area contributed by atoms with E-state index in [4.69, 9.17) is 10.8 Å². The van der Waals surface area contributed by atoms with E-state index in [0.717, 1.165) is 41.6 Å². The Balaban J connectivity index is 0.000000166. The molecule has 0 aliphatic carbocycles. The smallest absolute Gasteiger partial charge is 0.315 e. The molecule has 1 aromatic carbocycles. The number of nitrogens with zero attached hydrogens (tertiary/aromatic N) is 1. The van der Waals surface area contributed by atoms with Crippen molar-refractivity contribution in [2.75, 3.05) is 11.5 Å². The summed E-state index contributed by atoms with van der Waals surface area (Å²) in [6.07, 6.45) is 4.66. The van der Waals surface area contributed by atoms with Gasteiger partial charge in [-0.15, -0.1) is 0 Å². The zero-order valence-corrected chi connectivity index (χ0v) is 15.7. The molecule has 0 radical (unpaired) electrons. The van der Waals surface area contributed by atoms with Gasteiger partial charge in [0.2, 0.25) is 0 Å². The van der Waals surface area contributed by atoms with Crippen LogP contribution in [0.5, 0.6) is 0 Å². The lowest BCUT2D eigenvalue weighted by atomic mass is 10.0. The van der Waals surface area contributed by atoms with E-state index in [0.29, 0.717) is 5.25 Å². The number of carboxylic acid groups (broad SMARTS) is 1. The molecule has 0 saturated carbocycles. The van der Waals surface area contributed by atoms with Crippen molar-refractivity contribution in [3.8, 4) is 0 Å². The van der Waals surface area contributed by atoms with E-state index >= 15 is 0 Å². The summed E-state index contributed by atoms with van der Waals surface area (Å²) < 4.78 is 0. The van der Waals surface area contributed by atoms with Gasteiger partial charge in [0.25, 0.3) is 0 Å². The number of nitrogen functional groups attached to an aromatic ring is 1. The second-order valence-electron chi connectivity index (χ2n) is 6.72. The molecule has 2 aliphatic heterocycles. The van der Waals surface area contributed by atoms with Crippen LogP contribution in [-0.4, -0.2) is 45.2 Å². The number of rotatable bonds is 5. The molecule has 2 saturated heterocycles. The number of fused-ring (bicyclic) bond motifs is 2. The number of urea groups is 1. The molecular formula is C19H24N4O3S. The van der Waals surface area contributed by atoms with Crippen molar-refractivity contribution >= 4 is 40.4 Å². The molecule has 2 aromatic rings. The van der Waals surface area contributed by atoms with Crippen LogP contribution < -0.4 is 16.4 Å². The Bertz CT molecular complexity index is 816. The molecular weight excluding hydrogens is 364 g/mol. The number of pyridine rings is 1. The highest BCUT2D eigenvalue weighted by molar-refractivity contribution is 8.00. The number of nitrogens with two attached hydrogens (primary N) is 1. The minimum Gasteiger partial charge on any atom is -0.481 e. The Kier molecular flexibility index (Phi) is 6.39. The van der Waals surface area contributed by atoms with Crippen LogP contribution in [-0.2, 0) is 4.79 Å². The summed E-state index contributed by atoms with van der Waals surface area (Å²) in [5.74, 6) is 0.236. The summed E-state index contributed by atoms with van der Waals surface area (Å²) in [4.78, 5) is 25.6. The number of hydrogen-bond donors (Lipinski definition) is 4. The van der Waals surface area contributed by atoms with Gasteiger partial charge in [-0.05, 0) is 37.1 Å². The van der Waals surface area contributed by atoms with Gasteiger partial charge in [-0.2, -0.15) is 11.8 Å². The van der Waals surface area contributed by atoms with Gasteiger partial charge < -0.3 is 21.5 Å². The molecule has 5 N–H and O–H groups in total. The average molecular weight is 388 g/mol. The fraction of sp³-hybridized carbons (Fsp3) is 0.421. The van der Waals surface area contributed by atoms with E-state index in [-0.39, 0.29) is 24.5 Å². The van der Waals surface area contributed by atoms with Gasteiger partial charge in [0.1, 0.15) is 0 Å². The van der Waals surface area contributed by atoms with Gasteiger partial charge in [-0.25, -0.2) is 4.79 Å². The Hall–Kier alpha value is -2.48. The third kappa shape index (κ3) is 5.26. The monoisotopic (exact) mass is 388 g/mol. The normalized spacial score (nSPS) is 23.1. The van der Waals surface area contributed by atoms with Crippen LogP contribution in [0.1, 0.15) is 25.7 Å². The fourth-order valence-corrected chi connectivity index (χ4v) is 4.90. The number of aromatic nitrogens is 1. The Morgan fingerprint density at radius 3 is 2.96 bits per heavy atom. The average Bonchev–Trinajstić information content (AvgIpc) is 3.18. The minimum atomic E-state index is -0.729. The van der Waals surface area contributed by atoms with Crippen LogP contribution in [0.3, 0.4) is 0 Å². The quantitative estimate of drug-likeness (QED) is 0.355. The molecule has 1 aromatic heterocycles. The number of carbonyl (C=O) groups is 2. The molecule has 3 atom stereocenters. The number of unbranched alkanes of at least 4 members (excludes halogenated alkanes) is 1. The summed E-state index contributed by atoms with van der Waals surface area (Å²) in [6, 6.07) is 10.0. The number of carboxylic acids is 1. The van der Waals surface area contributed by atoms with E-state index in [1.165, 1.54) is 0 Å². The highest BCUT2D eigenvalue weighted by Gasteiger charge is 2.42. The third-order valence-electron chi connectivity index (χ3n) is 4.69.